The van der Waals surface area contributed by atoms with E-state index in [2.05, 4.69) is 16.0 Å². The van der Waals surface area contributed by atoms with Crippen LogP contribution in [0.4, 0.5) is 0 Å². The van der Waals surface area contributed by atoms with Crippen molar-refractivity contribution in [3.63, 3.8) is 0 Å². The molecule has 4 atom stereocenters. The number of carboxylic acid groups (broad SMARTS) is 2. The van der Waals surface area contributed by atoms with E-state index in [4.69, 9.17) is 22.3 Å². The van der Waals surface area contributed by atoms with Gasteiger partial charge in [0.05, 0.1) is 12.5 Å². The van der Waals surface area contributed by atoms with Crippen molar-refractivity contribution < 1.29 is 34.2 Å². The molecule has 0 aliphatic carbocycles. The predicted octanol–water partition coefficient (Wildman–Crippen LogP) is -1.17. The molecule has 13 nitrogen and oxygen atoms in total. The summed E-state index contributed by atoms with van der Waals surface area (Å²) in [6.07, 6.45) is 1.90. The molecular weight excluding hydrogens is 496 g/mol. The van der Waals surface area contributed by atoms with Gasteiger partial charge in [-0.3, -0.25) is 19.2 Å². The lowest BCUT2D eigenvalue weighted by atomic mass is 10.0. The minimum absolute atomic E-state index is 0.0462. The first-order chi connectivity index (χ1) is 18.1. The Morgan fingerprint density at radius 1 is 0.711 bits per heavy atom. The number of nitrogens with one attached hydrogen (secondary N) is 3. The molecule has 0 saturated heterocycles. The van der Waals surface area contributed by atoms with Gasteiger partial charge in [0.2, 0.25) is 17.7 Å². The molecule has 11 N–H and O–H groups in total. The average molecular weight is 537 g/mol. The number of nitrogens with two attached hydrogens (primary N) is 3. The maximum atomic E-state index is 13.1. The average Bonchev–Trinajstić information content (AvgIpc) is 2.87. The molecule has 13 heteroatoms. The third-order valence-corrected chi connectivity index (χ3v) is 5.79. The van der Waals surface area contributed by atoms with Crippen LogP contribution in [0.2, 0.25) is 0 Å². The van der Waals surface area contributed by atoms with E-state index in [1.54, 1.807) is 30.3 Å². The van der Waals surface area contributed by atoms with Crippen molar-refractivity contribution >= 4 is 29.7 Å². The van der Waals surface area contributed by atoms with Crippen molar-refractivity contribution in [1.29, 1.82) is 0 Å². The van der Waals surface area contributed by atoms with Crippen LogP contribution in [0, 0.1) is 0 Å². The van der Waals surface area contributed by atoms with Gasteiger partial charge in [0.15, 0.2) is 0 Å². The van der Waals surface area contributed by atoms with Gasteiger partial charge in [-0.25, -0.2) is 4.79 Å². The predicted molar refractivity (Wildman–Crippen MR) is 140 cm³/mol. The second-order valence-corrected chi connectivity index (χ2v) is 8.98. The van der Waals surface area contributed by atoms with Crippen molar-refractivity contribution in [2.45, 2.75) is 75.5 Å². The van der Waals surface area contributed by atoms with Crippen molar-refractivity contribution in [3.05, 3.63) is 35.9 Å². The molecule has 0 bridgehead atoms. The quantitative estimate of drug-likeness (QED) is 0.0985. The first-order valence-electron chi connectivity index (χ1n) is 12.6. The molecule has 0 aliphatic rings. The van der Waals surface area contributed by atoms with E-state index in [1.807, 2.05) is 0 Å². The number of rotatable bonds is 19. The standard InChI is InChI=1S/C25H40N6O7/c26-12-6-4-10-18(29-22(34)17(28)15-21(32)33)23(35)30-19(11-5-7-13-27)24(36)31-20(25(37)38)14-16-8-2-1-3-9-16/h1-3,8-9,17-20H,4-7,10-15,26-28H2,(H,29,34)(H,30,35)(H,31,36)(H,32,33)(H,37,38). The maximum Gasteiger partial charge on any atom is 0.326 e. The molecule has 0 spiro atoms. The summed E-state index contributed by atoms with van der Waals surface area (Å²) in [5.41, 5.74) is 17.4. The molecule has 0 aromatic heterocycles. The van der Waals surface area contributed by atoms with Crippen molar-refractivity contribution in [2.75, 3.05) is 13.1 Å². The van der Waals surface area contributed by atoms with Crippen LogP contribution in [-0.4, -0.2) is 77.1 Å². The van der Waals surface area contributed by atoms with Gasteiger partial charge in [0.25, 0.3) is 0 Å². The lowest BCUT2D eigenvalue weighted by molar-refractivity contribution is -0.142. The van der Waals surface area contributed by atoms with Gasteiger partial charge in [0.1, 0.15) is 18.1 Å². The summed E-state index contributed by atoms with van der Waals surface area (Å²) in [6.45, 7) is 0.732. The molecule has 0 saturated carbocycles. The highest BCUT2D eigenvalue weighted by atomic mass is 16.4. The largest absolute Gasteiger partial charge is 0.481 e. The maximum absolute atomic E-state index is 13.1. The number of hydrogen-bond acceptors (Lipinski definition) is 8. The van der Waals surface area contributed by atoms with Crippen LogP contribution < -0.4 is 33.2 Å². The molecule has 0 fully saturated rings. The summed E-state index contributed by atoms with van der Waals surface area (Å²) in [5.74, 6) is -4.68. The summed E-state index contributed by atoms with van der Waals surface area (Å²) in [7, 11) is 0. The summed E-state index contributed by atoms with van der Waals surface area (Å²) in [5, 5.41) is 26.1. The highest BCUT2D eigenvalue weighted by Crippen LogP contribution is 2.08. The van der Waals surface area contributed by atoms with Gasteiger partial charge in [-0.1, -0.05) is 30.3 Å². The molecule has 1 aromatic carbocycles. The van der Waals surface area contributed by atoms with Gasteiger partial charge in [0, 0.05) is 6.42 Å². The van der Waals surface area contributed by atoms with E-state index >= 15 is 0 Å². The normalized spacial score (nSPS) is 14.0. The molecular formula is C25H40N6O7. The second kappa shape index (κ2) is 17.8. The number of amides is 3. The van der Waals surface area contributed by atoms with Crippen molar-refractivity contribution in [3.8, 4) is 0 Å². The molecule has 38 heavy (non-hydrogen) atoms. The van der Waals surface area contributed by atoms with Crippen LogP contribution >= 0.6 is 0 Å². The van der Waals surface area contributed by atoms with Crippen LogP contribution in [0.15, 0.2) is 30.3 Å². The summed E-state index contributed by atoms with van der Waals surface area (Å²) < 4.78 is 0. The fraction of sp³-hybridized carbons (Fsp3) is 0.560. The molecule has 1 aromatic rings. The van der Waals surface area contributed by atoms with Crippen LogP contribution in [-0.2, 0) is 30.4 Å². The molecule has 0 heterocycles. The van der Waals surface area contributed by atoms with Crippen LogP contribution in [0.25, 0.3) is 0 Å². The number of unbranched alkanes of at least 4 members (excludes halogenated alkanes) is 2. The number of carboxylic acids is 2. The zero-order chi connectivity index (χ0) is 28.5. The number of carbonyl (C=O) groups is 5. The number of benzene rings is 1. The lowest BCUT2D eigenvalue weighted by Crippen LogP contribution is -2.57. The lowest BCUT2D eigenvalue weighted by Gasteiger charge is -2.25. The monoisotopic (exact) mass is 536 g/mol. The third kappa shape index (κ3) is 12.6. The molecule has 3 amide bonds. The Morgan fingerprint density at radius 3 is 1.63 bits per heavy atom. The fourth-order valence-corrected chi connectivity index (χ4v) is 3.68. The van der Waals surface area contributed by atoms with Crippen LogP contribution in [0.3, 0.4) is 0 Å². The Kier molecular flexibility index (Phi) is 15.2. The van der Waals surface area contributed by atoms with Gasteiger partial charge >= 0.3 is 11.9 Å². The van der Waals surface area contributed by atoms with E-state index in [0.29, 0.717) is 44.3 Å². The van der Waals surface area contributed by atoms with Gasteiger partial charge < -0.3 is 43.4 Å². The first-order valence-corrected chi connectivity index (χ1v) is 12.6. The first kappa shape index (κ1) is 32.5. The van der Waals surface area contributed by atoms with Crippen LogP contribution in [0.5, 0.6) is 0 Å². The Bertz CT molecular complexity index is 915. The smallest absolute Gasteiger partial charge is 0.326 e. The fourth-order valence-electron chi connectivity index (χ4n) is 3.68. The SMILES string of the molecule is NCCCCC(NC(=O)C(N)CC(=O)O)C(=O)NC(CCCCN)C(=O)NC(Cc1ccccc1)C(=O)O. The molecule has 1 rings (SSSR count). The Morgan fingerprint density at radius 2 is 1.18 bits per heavy atom. The minimum atomic E-state index is -1.37. The van der Waals surface area contributed by atoms with Gasteiger partial charge in [-0.15, -0.1) is 0 Å². The molecule has 0 radical (unpaired) electrons. The Labute approximate surface area is 221 Å². The summed E-state index contributed by atoms with van der Waals surface area (Å²) in [4.78, 5) is 61.4. The zero-order valence-corrected chi connectivity index (χ0v) is 21.4. The molecule has 0 aliphatic heterocycles. The minimum Gasteiger partial charge on any atom is -0.481 e. The van der Waals surface area contributed by atoms with E-state index in [0.717, 1.165) is 0 Å². The van der Waals surface area contributed by atoms with Gasteiger partial charge in [-0.05, 0) is 57.2 Å². The highest BCUT2D eigenvalue weighted by Gasteiger charge is 2.30. The van der Waals surface area contributed by atoms with E-state index in [1.165, 1.54) is 0 Å². The molecule has 212 valence electrons. The zero-order valence-electron chi connectivity index (χ0n) is 21.4. The van der Waals surface area contributed by atoms with E-state index in [9.17, 15) is 29.1 Å². The third-order valence-electron chi connectivity index (χ3n) is 5.79. The second-order valence-electron chi connectivity index (χ2n) is 8.98. The highest BCUT2D eigenvalue weighted by molar-refractivity contribution is 5.94. The summed E-state index contributed by atoms with van der Waals surface area (Å²) >= 11 is 0. The van der Waals surface area contributed by atoms with E-state index in [-0.39, 0.29) is 19.3 Å². The molecule has 4 unspecified atom stereocenters. The van der Waals surface area contributed by atoms with Crippen LogP contribution in [0.1, 0.15) is 50.5 Å². The number of aliphatic carboxylic acids is 2. The van der Waals surface area contributed by atoms with E-state index < -0.39 is 60.2 Å². The van der Waals surface area contributed by atoms with Crippen molar-refractivity contribution in [1.82, 2.24) is 16.0 Å². The van der Waals surface area contributed by atoms with Gasteiger partial charge in [-0.2, -0.15) is 0 Å². The number of carbonyl (C=O) groups excluding carboxylic acids is 3. The summed E-state index contributed by atoms with van der Waals surface area (Å²) in [6, 6.07) is 4.01. The number of hydrogen-bond donors (Lipinski definition) is 8. The topological polar surface area (TPSA) is 240 Å². The Hall–Kier alpha value is -3.55. The van der Waals surface area contributed by atoms with Crippen molar-refractivity contribution in [2.24, 2.45) is 17.2 Å². The Balaban J connectivity index is 3.01.